The molecule has 0 bridgehead atoms. The molecule has 6 unspecified atom stereocenters. The minimum atomic E-state index is -2.13. The van der Waals surface area contributed by atoms with E-state index in [-0.39, 0.29) is 35.7 Å². The molecular formula is C32H22BrCl2FN2O5. The van der Waals surface area contributed by atoms with E-state index in [2.05, 4.69) is 15.9 Å². The summed E-state index contributed by atoms with van der Waals surface area (Å²) in [6, 6.07) is 18.1. The number of anilines is 2. The number of aromatic hydroxyl groups is 1. The molecule has 2 aliphatic heterocycles. The summed E-state index contributed by atoms with van der Waals surface area (Å²) in [4.78, 5) is 54.1. The minimum absolute atomic E-state index is 0.0836. The highest BCUT2D eigenvalue weighted by Gasteiger charge is 2.77. The van der Waals surface area contributed by atoms with Crippen molar-refractivity contribution < 1.29 is 28.7 Å². The third kappa shape index (κ3) is 3.77. The Labute approximate surface area is 264 Å². The lowest BCUT2D eigenvalue weighted by atomic mass is 9.56. The second-order valence-corrected chi connectivity index (χ2v) is 13.5. The number of alkyl halides is 2. The zero-order valence-corrected chi connectivity index (χ0v) is 25.3. The first-order valence-electron chi connectivity index (χ1n) is 13.6. The third-order valence-electron chi connectivity index (χ3n) is 9.21. The Balaban J connectivity index is 1.42. The molecule has 2 aliphatic carbocycles. The summed E-state index contributed by atoms with van der Waals surface area (Å²) >= 11 is 18.1. The molecule has 7 nitrogen and oxygen atoms in total. The van der Waals surface area contributed by atoms with Crippen LogP contribution in [0.15, 0.2) is 88.9 Å². The van der Waals surface area contributed by atoms with Crippen LogP contribution in [0.4, 0.5) is 15.8 Å². The number of allylic oxidation sites excluding steroid dienone is 2. The first-order chi connectivity index (χ1) is 20.5. The Morgan fingerprint density at radius 2 is 1.51 bits per heavy atom. The highest BCUT2D eigenvalue weighted by atomic mass is 79.9. The summed E-state index contributed by atoms with van der Waals surface area (Å²) in [5.41, 5.74) is 1.31. The fourth-order valence-corrected chi connectivity index (χ4v) is 8.64. The average molecular weight is 684 g/mol. The summed E-state index contributed by atoms with van der Waals surface area (Å²) in [5, 5.41) is 11.1. The van der Waals surface area contributed by atoms with Crippen LogP contribution < -0.4 is 9.80 Å². The summed E-state index contributed by atoms with van der Waals surface area (Å²) in [5.74, 6) is -6.64. The Bertz CT molecular complexity index is 1770. The molecule has 4 amide bonds. The van der Waals surface area contributed by atoms with Crippen LogP contribution in [0.3, 0.4) is 0 Å². The van der Waals surface area contributed by atoms with Gasteiger partial charge in [0.2, 0.25) is 11.8 Å². The molecule has 11 heteroatoms. The number of benzene rings is 3. The highest BCUT2D eigenvalue weighted by Crippen LogP contribution is 2.66. The van der Waals surface area contributed by atoms with Crippen molar-refractivity contribution in [1.82, 2.24) is 0 Å². The van der Waals surface area contributed by atoms with Crippen LogP contribution in [0.25, 0.3) is 0 Å². The van der Waals surface area contributed by atoms with Gasteiger partial charge in [0.1, 0.15) is 11.6 Å². The first-order valence-corrected chi connectivity index (χ1v) is 15.2. The molecule has 1 saturated carbocycles. The summed E-state index contributed by atoms with van der Waals surface area (Å²) in [6.45, 7) is 0. The lowest BCUT2D eigenvalue weighted by molar-refractivity contribution is -0.125. The van der Waals surface area contributed by atoms with Crippen molar-refractivity contribution in [3.63, 3.8) is 0 Å². The number of fused-ring (bicyclic) bond motifs is 4. The van der Waals surface area contributed by atoms with Gasteiger partial charge in [-0.05, 0) is 73.4 Å². The fourth-order valence-electron chi connectivity index (χ4n) is 7.33. The van der Waals surface area contributed by atoms with Gasteiger partial charge in [0.15, 0.2) is 9.75 Å². The molecule has 3 fully saturated rings. The zero-order chi connectivity index (χ0) is 30.4. The second-order valence-electron chi connectivity index (χ2n) is 11.3. The van der Waals surface area contributed by atoms with E-state index in [0.717, 1.165) is 17.0 Å². The van der Waals surface area contributed by atoms with Crippen molar-refractivity contribution in [1.29, 1.82) is 0 Å². The van der Waals surface area contributed by atoms with Gasteiger partial charge in [0.25, 0.3) is 11.8 Å². The number of hydrogen-bond donors (Lipinski definition) is 1. The fraction of sp³-hybridized carbons (Fsp3) is 0.250. The standard InChI is InChI=1S/C32H22BrCl2FN2O5/c33-16-6-13-24(39)22(14-16)26-20-11-12-21-25(28(41)37(27(21)40)18-4-2-1-3-5-18)23(20)15-31(34)29(42)38(30(43)32(26,31)35)19-9-7-17(36)8-10-19/h1-11,13-14,21,23,25-26,39H,12,15H2. The van der Waals surface area contributed by atoms with Gasteiger partial charge < -0.3 is 5.11 Å². The summed E-state index contributed by atoms with van der Waals surface area (Å²) in [7, 11) is 0. The number of imide groups is 2. The molecule has 7 rings (SSSR count). The molecular weight excluding hydrogens is 662 g/mol. The zero-order valence-electron chi connectivity index (χ0n) is 22.2. The molecule has 0 radical (unpaired) electrons. The van der Waals surface area contributed by atoms with Crippen molar-refractivity contribution >= 4 is 74.1 Å². The number of nitrogens with zero attached hydrogens (tertiary/aromatic N) is 2. The van der Waals surface area contributed by atoms with Crippen LogP contribution >= 0.6 is 39.1 Å². The van der Waals surface area contributed by atoms with Crippen LogP contribution in [0.1, 0.15) is 24.3 Å². The van der Waals surface area contributed by atoms with E-state index < -0.39 is 57.0 Å². The molecule has 1 N–H and O–H groups in total. The maximum absolute atomic E-state index is 14.3. The topological polar surface area (TPSA) is 95.0 Å². The van der Waals surface area contributed by atoms with Gasteiger partial charge in [-0.15, -0.1) is 23.2 Å². The molecule has 2 saturated heterocycles. The molecule has 43 heavy (non-hydrogen) atoms. The van der Waals surface area contributed by atoms with Gasteiger partial charge in [-0.25, -0.2) is 9.29 Å². The molecule has 4 aliphatic rings. The molecule has 0 spiro atoms. The molecule has 3 aromatic rings. The van der Waals surface area contributed by atoms with Gasteiger partial charge in [0.05, 0.1) is 23.2 Å². The lowest BCUT2D eigenvalue weighted by Crippen LogP contribution is -2.60. The van der Waals surface area contributed by atoms with E-state index in [9.17, 15) is 28.7 Å². The third-order valence-corrected chi connectivity index (χ3v) is 11.1. The van der Waals surface area contributed by atoms with Crippen LogP contribution in [-0.2, 0) is 19.2 Å². The van der Waals surface area contributed by atoms with E-state index in [1.165, 1.54) is 23.1 Å². The molecule has 0 aromatic heterocycles. The van der Waals surface area contributed by atoms with Crippen molar-refractivity contribution in [2.45, 2.75) is 28.5 Å². The predicted octanol–water partition coefficient (Wildman–Crippen LogP) is 6.06. The normalized spacial score (nSPS) is 31.6. The summed E-state index contributed by atoms with van der Waals surface area (Å²) < 4.78 is 14.4. The van der Waals surface area contributed by atoms with Gasteiger partial charge in [-0.2, -0.15) is 0 Å². The van der Waals surface area contributed by atoms with Crippen LogP contribution in [-0.4, -0.2) is 38.5 Å². The number of phenols is 1. The van der Waals surface area contributed by atoms with Crippen molar-refractivity contribution in [3.8, 4) is 5.75 Å². The number of carbonyl (C=O) groups excluding carboxylic acids is 4. The maximum atomic E-state index is 14.3. The Hall–Kier alpha value is -3.53. The summed E-state index contributed by atoms with van der Waals surface area (Å²) in [6.07, 6.45) is 1.79. The molecule has 218 valence electrons. The number of hydrogen-bond acceptors (Lipinski definition) is 5. The number of carbonyl (C=O) groups is 4. The van der Waals surface area contributed by atoms with Gasteiger partial charge in [-0.1, -0.05) is 45.8 Å². The Kier molecular flexibility index (Phi) is 6.40. The van der Waals surface area contributed by atoms with Gasteiger partial charge in [0, 0.05) is 16.0 Å². The monoisotopic (exact) mass is 682 g/mol. The van der Waals surface area contributed by atoms with Crippen molar-refractivity contribution in [2.75, 3.05) is 9.80 Å². The first kappa shape index (κ1) is 28.3. The molecule has 6 atom stereocenters. The van der Waals surface area contributed by atoms with Crippen molar-refractivity contribution in [3.05, 3.63) is 100 Å². The Morgan fingerprint density at radius 1 is 0.837 bits per heavy atom. The number of rotatable bonds is 3. The lowest BCUT2D eigenvalue weighted by Gasteiger charge is -2.50. The number of halogens is 4. The minimum Gasteiger partial charge on any atom is -0.508 e. The van der Waals surface area contributed by atoms with E-state index in [0.29, 0.717) is 15.7 Å². The quantitative estimate of drug-likeness (QED) is 0.206. The van der Waals surface area contributed by atoms with Crippen LogP contribution in [0.2, 0.25) is 0 Å². The largest absolute Gasteiger partial charge is 0.508 e. The van der Waals surface area contributed by atoms with Crippen LogP contribution in [0.5, 0.6) is 5.75 Å². The number of phenolic OH excluding ortho intramolecular Hbond substituents is 1. The maximum Gasteiger partial charge on any atom is 0.258 e. The van der Waals surface area contributed by atoms with Crippen molar-refractivity contribution in [2.24, 2.45) is 17.8 Å². The smallest absolute Gasteiger partial charge is 0.258 e. The second kappa shape index (κ2) is 9.74. The van der Waals surface area contributed by atoms with E-state index >= 15 is 0 Å². The average Bonchev–Trinajstić information content (AvgIpc) is 3.33. The molecule has 3 aromatic carbocycles. The van der Waals surface area contributed by atoms with Gasteiger partial charge in [-0.3, -0.25) is 24.1 Å². The van der Waals surface area contributed by atoms with E-state index in [1.54, 1.807) is 48.5 Å². The van der Waals surface area contributed by atoms with E-state index in [4.69, 9.17) is 23.2 Å². The molecule has 2 heterocycles. The predicted molar refractivity (Wildman–Crippen MR) is 161 cm³/mol. The van der Waals surface area contributed by atoms with Crippen LogP contribution in [0, 0.1) is 23.6 Å². The number of amides is 4. The SMILES string of the molecule is O=C1C2CC=C3C(CC4(Cl)C(=O)N(c5ccc(F)cc5)C(=O)C4(Cl)C3c3cc(Br)ccc3O)C2C(=O)N1c1ccccc1. The van der Waals surface area contributed by atoms with Gasteiger partial charge >= 0.3 is 0 Å². The highest BCUT2D eigenvalue weighted by molar-refractivity contribution is 9.10. The van der Waals surface area contributed by atoms with E-state index in [1.807, 2.05) is 0 Å². The number of para-hydroxylation sites is 1. The Morgan fingerprint density at radius 3 is 2.21 bits per heavy atom.